The molecule has 0 aromatic heterocycles. The van der Waals surface area contributed by atoms with Crippen molar-refractivity contribution in [1.29, 1.82) is 0 Å². The summed E-state index contributed by atoms with van der Waals surface area (Å²) in [5.41, 5.74) is 0.920. The minimum atomic E-state index is -3.93. The van der Waals surface area contributed by atoms with Gasteiger partial charge in [-0.05, 0) is 37.9 Å². The maximum absolute atomic E-state index is 12.3. The molecule has 0 saturated heterocycles. The zero-order valence-electron chi connectivity index (χ0n) is 12.0. The first-order chi connectivity index (χ1) is 9.25. The van der Waals surface area contributed by atoms with Gasteiger partial charge in [-0.15, -0.1) is 0 Å². The SMILES string of the molecule is Cc1ccc(S(=O)(=O)C(NCCC(C)C)C(=O)O)cc1. The van der Waals surface area contributed by atoms with Crippen LogP contribution in [0.25, 0.3) is 0 Å². The van der Waals surface area contributed by atoms with Crippen molar-refractivity contribution in [2.24, 2.45) is 5.92 Å². The van der Waals surface area contributed by atoms with Gasteiger partial charge < -0.3 is 5.11 Å². The number of carbonyl (C=O) groups is 1. The fraction of sp³-hybridized carbons (Fsp3) is 0.500. The van der Waals surface area contributed by atoms with Gasteiger partial charge in [0.15, 0.2) is 0 Å². The molecule has 5 nitrogen and oxygen atoms in total. The molecule has 0 aliphatic heterocycles. The van der Waals surface area contributed by atoms with E-state index >= 15 is 0 Å². The van der Waals surface area contributed by atoms with Crippen LogP contribution in [-0.4, -0.2) is 31.4 Å². The predicted octanol–water partition coefficient (Wildman–Crippen LogP) is 1.82. The van der Waals surface area contributed by atoms with Crippen LogP contribution in [0.5, 0.6) is 0 Å². The molecule has 0 aliphatic carbocycles. The monoisotopic (exact) mass is 299 g/mol. The molecule has 6 heteroatoms. The predicted molar refractivity (Wildman–Crippen MR) is 77.2 cm³/mol. The summed E-state index contributed by atoms with van der Waals surface area (Å²) in [7, 11) is -3.93. The Kier molecular flexibility index (Phi) is 5.71. The van der Waals surface area contributed by atoms with Gasteiger partial charge >= 0.3 is 5.97 Å². The van der Waals surface area contributed by atoms with E-state index in [0.29, 0.717) is 18.9 Å². The van der Waals surface area contributed by atoms with Gasteiger partial charge in [0.1, 0.15) is 0 Å². The minimum absolute atomic E-state index is 0.0209. The van der Waals surface area contributed by atoms with Gasteiger partial charge in [-0.1, -0.05) is 31.5 Å². The minimum Gasteiger partial charge on any atom is -0.479 e. The highest BCUT2D eigenvalue weighted by molar-refractivity contribution is 7.92. The Bertz CT molecular complexity index is 549. The van der Waals surface area contributed by atoms with Crippen LogP contribution < -0.4 is 5.32 Å². The third kappa shape index (κ3) is 4.31. The van der Waals surface area contributed by atoms with Gasteiger partial charge in [0.05, 0.1) is 4.90 Å². The molecule has 0 bridgehead atoms. The average molecular weight is 299 g/mol. The van der Waals surface area contributed by atoms with E-state index in [1.165, 1.54) is 12.1 Å². The molecular formula is C14H21NO4S. The van der Waals surface area contributed by atoms with Crippen LogP contribution in [0.2, 0.25) is 0 Å². The highest BCUT2D eigenvalue weighted by Gasteiger charge is 2.33. The number of nitrogens with one attached hydrogen (secondary N) is 1. The standard InChI is InChI=1S/C14H21NO4S/c1-10(2)8-9-15-13(14(16)17)20(18,19)12-6-4-11(3)5-7-12/h4-7,10,13,15H,8-9H2,1-3H3,(H,16,17). The number of hydrogen-bond donors (Lipinski definition) is 2. The van der Waals surface area contributed by atoms with Gasteiger partial charge in [-0.25, -0.2) is 13.2 Å². The molecule has 0 amide bonds. The number of carboxylic acids is 1. The number of benzene rings is 1. The van der Waals surface area contributed by atoms with Crippen molar-refractivity contribution >= 4 is 15.8 Å². The van der Waals surface area contributed by atoms with Crippen LogP contribution in [0.3, 0.4) is 0 Å². The number of rotatable bonds is 7. The Labute approximate surface area is 119 Å². The Hall–Kier alpha value is -1.40. The van der Waals surface area contributed by atoms with Crippen LogP contribution >= 0.6 is 0 Å². The molecule has 0 fully saturated rings. The van der Waals surface area contributed by atoms with Gasteiger partial charge in [-0.3, -0.25) is 5.32 Å². The maximum Gasteiger partial charge on any atom is 0.336 e. The summed E-state index contributed by atoms with van der Waals surface area (Å²) in [4.78, 5) is 11.2. The van der Waals surface area contributed by atoms with Crippen molar-refractivity contribution in [3.8, 4) is 0 Å². The fourth-order valence-corrected chi connectivity index (χ4v) is 3.09. The van der Waals surface area contributed by atoms with Crippen molar-refractivity contribution in [1.82, 2.24) is 5.32 Å². The number of aryl methyl sites for hydroxylation is 1. The largest absolute Gasteiger partial charge is 0.479 e. The van der Waals surface area contributed by atoms with Crippen molar-refractivity contribution < 1.29 is 18.3 Å². The fourth-order valence-electron chi connectivity index (χ4n) is 1.70. The molecule has 112 valence electrons. The molecule has 20 heavy (non-hydrogen) atoms. The smallest absolute Gasteiger partial charge is 0.336 e. The van der Waals surface area contributed by atoms with Crippen molar-refractivity contribution in [2.45, 2.75) is 37.5 Å². The molecule has 2 N–H and O–H groups in total. The Morgan fingerprint density at radius 1 is 1.25 bits per heavy atom. The van der Waals surface area contributed by atoms with E-state index in [1.807, 2.05) is 20.8 Å². The van der Waals surface area contributed by atoms with Crippen LogP contribution in [0, 0.1) is 12.8 Å². The molecule has 0 saturated carbocycles. The van der Waals surface area contributed by atoms with E-state index in [1.54, 1.807) is 12.1 Å². The summed E-state index contributed by atoms with van der Waals surface area (Å²) in [5.74, 6) is -1.01. The second kappa shape index (κ2) is 6.85. The topological polar surface area (TPSA) is 83.5 Å². The average Bonchev–Trinajstić information content (AvgIpc) is 2.34. The van der Waals surface area contributed by atoms with Crippen molar-refractivity contribution in [3.63, 3.8) is 0 Å². The van der Waals surface area contributed by atoms with E-state index in [-0.39, 0.29) is 4.90 Å². The first-order valence-electron chi connectivity index (χ1n) is 6.52. The lowest BCUT2D eigenvalue weighted by molar-refractivity contribution is -0.137. The van der Waals surface area contributed by atoms with Crippen LogP contribution in [-0.2, 0) is 14.6 Å². The molecule has 0 spiro atoms. The summed E-state index contributed by atoms with van der Waals surface area (Å²) in [6, 6.07) is 6.18. The molecule has 1 aromatic carbocycles. The quantitative estimate of drug-likeness (QED) is 0.802. The molecule has 1 aromatic rings. The summed E-state index contributed by atoms with van der Waals surface area (Å²) in [6.45, 7) is 6.17. The van der Waals surface area contributed by atoms with E-state index in [0.717, 1.165) is 5.56 Å². The number of aliphatic carboxylic acids is 1. The lowest BCUT2D eigenvalue weighted by Crippen LogP contribution is -2.44. The number of sulfone groups is 1. The third-order valence-corrected chi connectivity index (χ3v) is 4.85. The van der Waals surface area contributed by atoms with Gasteiger partial charge in [0.2, 0.25) is 15.2 Å². The summed E-state index contributed by atoms with van der Waals surface area (Å²) in [5, 5.41) is 10.2. The first-order valence-corrected chi connectivity index (χ1v) is 8.06. The number of hydrogen-bond acceptors (Lipinski definition) is 4. The van der Waals surface area contributed by atoms with E-state index in [4.69, 9.17) is 5.11 Å². The Morgan fingerprint density at radius 3 is 2.25 bits per heavy atom. The second-order valence-electron chi connectivity index (χ2n) is 5.21. The lowest BCUT2D eigenvalue weighted by Gasteiger charge is -2.16. The van der Waals surface area contributed by atoms with E-state index in [2.05, 4.69) is 5.32 Å². The summed E-state index contributed by atoms with van der Waals surface area (Å²) >= 11 is 0. The van der Waals surface area contributed by atoms with E-state index in [9.17, 15) is 13.2 Å². The maximum atomic E-state index is 12.3. The highest BCUT2D eigenvalue weighted by atomic mass is 32.2. The van der Waals surface area contributed by atoms with Gasteiger partial charge in [0, 0.05) is 0 Å². The van der Waals surface area contributed by atoms with Crippen LogP contribution in [0.4, 0.5) is 0 Å². The van der Waals surface area contributed by atoms with Gasteiger partial charge in [0.25, 0.3) is 0 Å². The Balaban J connectivity index is 2.94. The number of carboxylic acid groups (broad SMARTS) is 1. The van der Waals surface area contributed by atoms with Crippen molar-refractivity contribution in [3.05, 3.63) is 29.8 Å². The normalized spacial score (nSPS) is 13.4. The lowest BCUT2D eigenvalue weighted by atomic mass is 10.1. The summed E-state index contributed by atoms with van der Waals surface area (Å²) < 4.78 is 24.6. The molecule has 1 unspecified atom stereocenters. The van der Waals surface area contributed by atoms with Crippen LogP contribution in [0.15, 0.2) is 29.2 Å². The molecule has 0 heterocycles. The van der Waals surface area contributed by atoms with Crippen molar-refractivity contribution in [2.75, 3.05) is 6.54 Å². The molecule has 0 radical (unpaired) electrons. The summed E-state index contributed by atoms with van der Waals surface area (Å²) in [6.07, 6.45) is 0.715. The van der Waals surface area contributed by atoms with E-state index < -0.39 is 21.2 Å². The molecular weight excluding hydrogens is 278 g/mol. The zero-order valence-corrected chi connectivity index (χ0v) is 12.8. The van der Waals surface area contributed by atoms with Gasteiger partial charge in [-0.2, -0.15) is 0 Å². The van der Waals surface area contributed by atoms with Crippen LogP contribution in [0.1, 0.15) is 25.8 Å². The first kappa shape index (κ1) is 16.7. The second-order valence-corrected chi connectivity index (χ2v) is 7.25. The Morgan fingerprint density at radius 2 is 1.80 bits per heavy atom. The molecule has 1 rings (SSSR count). The molecule has 0 aliphatic rings. The highest BCUT2D eigenvalue weighted by Crippen LogP contribution is 2.16. The third-order valence-electron chi connectivity index (χ3n) is 2.94. The molecule has 1 atom stereocenters. The zero-order chi connectivity index (χ0) is 15.3.